The Morgan fingerprint density at radius 2 is 2.17 bits per heavy atom. The zero-order chi connectivity index (χ0) is 13.9. The first-order chi connectivity index (χ1) is 8.24. The zero-order valence-corrected chi connectivity index (χ0v) is 10.5. The van der Waals surface area contributed by atoms with Gasteiger partial charge < -0.3 is 15.1 Å². The number of carbonyl (C=O) groups is 2. The molecule has 0 aromatic rings. The normalized spacial score (nSPS) is 22.2. The number of carbonyl (C=O) groups excluding carboxylic acids is 1. The van der Waals surface area contributed by atoms with Crippen molar-refractivity contribution in [2.45, 2.75) is 18.9 Å². The first kappa shape index (κ1) is 14.9. The van der Waals surface area contributed by atoms with E-state index in [9.17, 15) is 18.0 Å². The van der Waals surface area contributed by atoms with Crippen molar-refractivity contribution in [3.05, 3.63) is 0 Å². The molecule has 8 nitrogen and oxygen atoms in total. The number of sulfonamides is 1. The molecule has 0 spiro atoms. The van der Waals surface area contributed by atoms with Crippen LogP contribution in [-0.4, -0.2) is 60.4 Å². The SMILES string of the molecule is NS(=O)(=O)CC1CC(=O)N(C(CCO)C(=O)O)C1. The van der Waals surface area contributed by atoms with E-state index in [1.165, 1.54) is 0 Å². The number of aliphatic hydroxyl groups is 1. The predicted molar refractivity (Wildman–Crippen MR) is 60.9 cm³/mol. The number of rotatable bonds is 6. The van der Waals surface area contributed by atoms with Crippen LogP contribution in [-0.2, 0) is 19.6 Å². The second-order valence-corrected chi connectivity index (χ2v) is 5.97. The van der Waals surface area contributed by atoms with Crippen LogP contribution in [0, 0.1) is 5.92 Å². The molecule has 1 heterocycles. The number of aliphatic carboxylic acids is 1. The van der Waals surface area contributed by atoms with Crippen LogP contribution in [0.5, 0.6) is 0 Å². The molecule has 1 fully saturated rings. The van der Waals surface area contributed by atoms with Crippen LogP contribution in [0.2, 0.25) is 0 Å². The number of nitrogens with zero attached hydrogens (tertiary/aromatic N) is 1. The molecule has 1 rings (SSSR count). The Hall–Kier alpha value is -1.19. The Bertz CT molecular complexity index is 434. The standard InChI is InChI=1S/C9H16N2O6S/c10-18(16,17)5-6-3-8(13)11(4-6)7(1-2-12)9(14)15/h6-7,12H,1-5H2,(H,14,15)(H2,10,16,17). The molecule has 18 heavy (non-hydrogen) atoms. The van der Waals surface area contributed by atoms with Crippen LogP contribution < -0.4 is 5.14 Å². The lowest BCUT2D eigenvalue weighted by Gasteiger charge is -2.23. The number of primary sulfonamides is 1. The van der Waals surface area contributed by atoms with Gasteiger partial charge >= 0.3 is 5.97 Å². The molecule has 1 aliphatic heterocycles. The minimum atomic E-state index is -3.69. The van der Waals surface area contributed by atoms with Crippen LogP contribution in [0.25, 0.3) is 0 Å². The molecule has 9 heteroatoms. The van der Waals surface area contributed by atoms with Crippen molar-refractivity contribution in [1.82, 2.24) is 4.90 Å². The minimum Gasteiger partial charge on any atom is -0.480 e. The summed E-state index contributed by atoms with van der Waals surface area (Å²) in [6.45, 7) is -0.327. The second kappa shape index (κ2) is 5.63. The summed E-state index contributed by atoms with van der Waals surface area (Å²) in [5.74, 6) is -2.48. The first-order valence-electron chi connectivity index (χ1n) is 5.38. The van der Waals surface area contributed by atoms with Crippen molar-refractivity contribution in [2.24, 2.45) is 11.1 Å². The fraction of sp³-hybridized carbons (Fsp3) is 0.778. The van der Waals surface area contributed by atoms with E-state index in [-0.39, 0.29) is 31.7 Å². The maximum atomic E-state index is 11.6. The lowest BCUT2D eigenvalue weighted by Crippen LogP contribution is -2.43. The van der Waals surface area contributed by atoms with Crippen molar-refractivity contribution >= 4 is 21.9 Å². The molecule has 2 unspecified atom stereocenters. The lowest BCUT2D eigenvalue weighted by molar-refractivity contribution is -0.148. The molecular weight excluding hydrogens is 264 g/mol. The number of carboxylic acids is 1. The van der Waals surface area contributed by atoms with Gasteiger partial charge in [0, 0.05) is 31.9 Å². The van der Waals surface area contributed by atoms with Crippen molar-refractivity contribution in [3.63, 3.8) is 0 Å². The Morgan fingerprint density at radius 3 is 2.61 bits per heavy atom. The van der Waals surface area contributed by atoms with Gasteiger partial charge in [0.05, 0.1) is 5.75 Å². The van der Waals surface area contributed by atoms with Crippen molar-refractivity contribution in [3.8, 4) is 0 Å². The lowest BCUT2D eigenvalue weighted by atomic mass is 10.1. The van der Waals surface area contributed by atoms with Gasteiger partial charge in [-0.05, 0) is 0 Å². The number of nitrogens with two attached hydrogens (primary N) is 1. The van der Waals surface area contributed by atoms with E-state index in [2.05, 4.69) is 0 Å². The zero-order valence-electron chi connectivity index (χ0n) is 9.65. The van der Waals surface area contributed by atoms with E-state index in [1.54, 1.807) is 0 Å². The van der Waals surface area contributed by atoms with E-state index >= 15 is 0 Å². The number of aliphatic hydroxyl groups excluding tert-OH is 1. The van der Waals surface area contributed by atoms with E-state index in [0.29, 0.717) is 0 Å². The minimum absolute atomic E-state index is 0.0340. The van der Waals surface area contributed by atoms with Crippen LogP contribution in [0.3, 0.4) is 0 Å². The molecular formula is C9H16N2O6S. The maximum Gasteiger partial charge on any atom is 0.326 e. The number of carboxylic acid groups (broad SMARTS) is 1. The molecule has 1 saturated heterocycles. The summed E-state index contributed by atoms with van der Waals surface area (Å²) in [5.41, 5.74) is 0. The van der Waals surface area contributed by atoms with E-state index in [4.69, 9.17) is 15.4 Å². The maximum absolute atomic E-state index is 11.6. The highest BCUT2D eigenvalue weighted by Crippen LogP contribution is 2.22. The molecule has 0 aromatic heterocycles. The van der Waals surface area contributed by atoms with E-state index in [0.717, 1.165) is 4.90 Å². The predicted octanol–water partition coefficient (Wildman–Crippen LogP) is -2.04. The number of likely N-dealkylation sites (tertiary alicyclic amines) is 1. The molecule has 0 radical (unpaired) electrons. The van der Waals surface area contributed by atoms with Gasteiger partial charge in [-0.2, -0.15) is 0 Å². The smallest absolute Gasteiger partial charge is 0.326 e. The molecule has 104 valence electrons. The van der Waals surface area contributed by atoms with Gasteiger partial charge in [0.2, 0.25) is 15.9 Å². The van der Waals surface area contributed by atoms with Crippen molar-refractivity contribution in [2.75, 3.05) is 18.9 Å². The summed E-state index contributed by atoms with van der Waals surface area (Å²) < 4.78 is 21.8. The molecule has 0 saturated carbocycles. The highest BCUT2D eigenvalue weighted by molar-refractivity contribution is 7.89. The van der Waals surface area contributed by atoms with E-state index in [1.807, 2.05) is 0 Å². The molecule has 0 aromatic carbocycles. The van der Waals surface area contributed by atoms with Crippen molar-refractivity contribution < 1.29 is 28.2 Å². The van der Waals surface area contributed by atoms with Gasteiger partial charge in [0.15, 0.2) is 0 Å². The first-order valence-corrected chi connectivity index (χ1v) is 7.09. The Morgan fingerprint density at radius 1 is 1.56 bits per heavy atom. The third-order valence-electron chi connectivity index (χ3n) is 2.77. The molecule has 0 bridgehead atoms. The average Bonchev–Trinajstić information content (AvgIpc) is 2.52. The van der Waals surface area contributed by atoms with Crippen LogP contribution in [0.1, 0.15) is 12.8 Å². The Balaban J connectivity index is 2.74. The molecule has 1 amide bonds. The van der Waals surface area contributed by atoms with Gasteiger partial charge in [-0.25, -0.2) is 18.4 Å². The van der Waals surface area contributed by atoms with Gasteiger partial charge in [-0.15, -0.1) is 0 Å². The van der Waals surface area contributed by atoms with E-state index < -0.39 is 33.9 Å². The largest absolute Gasteiger partial charge is 0.480 e. The molecule has 0 aliphatic carbocycles. The average molecular weight is 280 g/mol. The summed E-state index contributed by atoms with van der Waals surface area (Å²) in [6, 6.07) is -1.12. The van der Waals surface area contributed by atoms with Gasteiger partial charge in [-0.1, -0.05) is 0 Å². The van der Waals surface area contributed by atoms with Gasteiger partial charge in [-0.3, -0.25) is 4.79 Å². The number of hydrogen-bond donors (Lipinski definition) is 3. The fourth-order valence-corrected chi connectivity index (χ4v) is 2.97. The molecule has 4 N–H and O–H groups in total. The fourth-order valence-electron chi connectivity index (χ4n) is 2.08. The second-order valence-electron chi connectivity index (χ2n) is 4.31. The third kappa shape index (κ3) is 3.93. The summed E-state index contributed by atoms with van der Waals surface area (Å²) in [5, 5.41) is 22.6. The summed E-state index contributed by atoms with van der Waals surface area (Å²) in [6.07, 6.45) is -0.116. The summed E-state index contributed by atoms with van der Waals surface area (Å²) >= 11 is 0. The van der Waals surface area contributed by atoms with Crippen molar-refractivity contribution in [1.29, 1.82) is 0 Å². The highest BCUT2D eigenvalue weighted by Gasteiger charge is 2.38. The quantitative estimate of drug-likeness (QED) is 0.512. The van der Waals surface area contributed by atoms with Gasteiger partial charge in [0.1, 0.15) is 6.04 Å². The third-order valence-corrected chi connectivity index (χ3v) is 3.71. The summed E-state index contributed by atoms with van der Waals surface area (Å²) in [4.78, 5) is 23.7. The number of hydrogen-bond acceptors (Lipinski definition) is 5. The monoisotopic (exact) mass is 280 g/mol. The highest BCUT2D eigenvalue weighted by atomic mass is 32.2. The van der Waals surface area contributed by atoms with Gasteiger partial charge in [0.25, 0.3) is 0 Å². The van der Waals surface area contributed by atoms with Crippen LogP contribution >= 0.6 is 0 Å². The Labute approximate surface area is 104 Å². The Kier molecular flexibility index (Phi) is 4.65. The van der Waals surface area contributed by atoms with Crippen LogP contribution in [0.4, 0.5) is 0 Å². The van der Waals surface area contributed by atoms with Crippen LogP contribution in [0.15, 0.2) is 0 Å². The molecule has 1 aliphatic rings. The number of amides is 1. The topological polar surface area (TPSA) is 138 Å². The molecule has 2 atom stereocenters. The summed E-state index contributed by atoms with van der Waals surface area (Å²) in [7, 11) is -3.69.